The summed E-state index contributed by atoms with van der Waals surface area (Å²) < 4.78 is 5.40. The van der Waals surface area contributed by atoms with Crippen LogP contribution < -0.4 is 10.7 Å². The van der Waals surface area contributed by atoms with Gasteiger partial charge in [0.2, 0.25) is 5.43 Å². The van der Waals surface area contributed by atoms with Crippen molar-refractivity contribution in [2.75, 3.05) is 5.32 Å². The van der Waals surface area contributed by atoms with Crippen molar-refractivity contribution < 1.29 is 14.0 Å². The standard InChI is InChI=1S/C23H13Cl2NO4/c24-13-9-10-19(16(11-13)21(27)14-5-1-3-7-18(14)25)26-23(29)17-12-30-20-8-4-2-6-15(20)22(17)28/h1-12H,(H,26,29). The number of anilines is 1. The molecular weight excluding hydrogens is 425 g/mol. The summed E-state index contributed by atoms with van der Waals surface area (Å²) in [6, 6.07) is 17.6. The van der Waals surface area contributed by atoms with E-state index in [4.69, 9.17) is 27.6 Å². The summed E-state index contributed by atoms with van der Waals surface area (Å²) in [5.74, 6) is -1.12. The van der Waals surface area contributed by atoms with Crippen molar-refractivity contribution in [2.45, 2.75) is 0 Å². The van der Waals surface area contributed by atoms with Gasteiger partial charge in [-0.2, -0.15) is 0 Å². The number of fused-ring (bicyclic) bond motifs is 1. The average Bonchev–Trinajstić information content (AvgIpc) is 2.75. The highest BCUT2D eigenvalue weighted by Gasteiger charge is 2.20. The molecule has 5 nitrogen and oxygen atoms in total. The Kier molecular flexibility index (Phi) is 5.40. The predicted octanol–water partition coefficient (Wildman–Crippen LogP) is 5.58. The third kappa shape index (κ3) is 3.73. The molecular formula is C23H13Cl2NO4. The average molecular weight is 438 g/mol. The number of amides is 1. The molecule has 0 aliphatic heterocycles. The smallest absolute Gasteiger partial charge is 0.262 e. The molecule has 4 aromatic rings. The first-order valence-electron chi connectivity index (χ1n) is 8.86. The summed E-state index contributed by atoms with van der Waals surface area (Å²) in [4.78, 5) is 38.5. The second-order valence-corrected chi connectivity index (χ2v) is 7.27. The lowest BCUT2D eigenvalue weighted by atomic mass is 10.0. The van der Waals surface area contributed by atoms with Crippen LogP contribution in [0, 0.1) is 0 Å². The Balaban J connectivity index is 1.73. The van der Waals surface area contributed by atoms with Crippen LogP contribution in [-0.2, 0) is 0 Å². The van der Waals surface area contributed by atoms with Crippen LogP contribution in [0.25, 0.3) is 11.0 Å². The number of carbonyl (C=O) groups is 2. The Morgan fingerprint density at radius 2 is 1.57 bits per heavy atom. The van der Waals surface area contributed by atoms with Gasteiger partial charge in [-0.1, -0.05) is 47.5 Å². The van der Waals surface area contributed by atoms with Crippen LogP contribution in [0.4, 0.5) is 5.69 Å². The fourth-order valence-electron chi connectivity index (χ4n) is 3.03. The fourth-order valence-corrected chi connectivity index (χ4v) is 3.42. The molecule has 0 saturated carbocycles. The van der Waals surface area contributed by atoms with Gasteiger partial charge in [-0.3, -0.25) is 14.4 Å². The van der Waals surface area contributed by atoms with E-state index in [-0.39, 0.29) is 32.8 Å². The Labute approximate surface area is 180 Å². The van der Waals surface area contributed by atoms with Crippen molar-refractivity contribution >= 4 is 51.5 Å². The van der Waals surface area contributed by atoms with Crippen molar-refractivity contribution in [2.24, 2.45) is 0 Å². The maximum Gasteiger partial charge on any atom is 0.262 e. The summed E-state index contributed by atoms with van der Waals surface area (Å²) in [7, 11) is 0. The number of carbonyl (C=O) groups excluding carboxylic acids is 2. The number of nitrogens with one attached hydrogen (secondary N) is 1. The third-order valence-electron chi connectivity index (χ3n) is 4.52. The Morgan fingerprint density at radius 3 is 2.37 bits per heavy atom. The first-order chi connectivity index (χ1) is 14.5. The number of hydrogen-bond acceptors (Lipinski definition) is 4. The molecule has 0 atom stereocenters. The molecule has 7 heteroatoms. The van der Waals surface area contributed by atoms with E-state index in [1.165, 1.54) is 18.2 Å². The van der Waals surface area contributed by atoms with Crippen molar-refractivity contribution in [3.8, 4) is 0 Å². The summed E-state index contributed by atoms with van der Waals surface area (Å²) in [6.45, 7) is 0. The van der Waals surface area contributed by atoms with Crippen LogP contribution in [0.5, 0.6) is 0 Å². The van der Waals surface area contributed by atoms with E-state index in [2.05, 4.69) is 5.32 Å². The molecule has 0 aliphatic rings. The molecule has 0 fully saturated rings. The lowest BCUT2D eigenvalue weighted by molar-refractivity contribution is 0.102. The lowest BCUT2D eigenvalue weighted by Crippen LogP contribution is -2.22. The Bertz CT molecular complexity index is 1360. The van der Waals surface area contributed by atoms with Gasteiger partial charge in [0, 0.05) is 16.1 Å². The van der Waals surface area contributed by atoms with Gasteiger partial charge in [-0.15, -0.1) is 0 Å². The number of benzene rings is 3. The SMILES string of the molecule is O=C(c1ccccc1Cl)c1cc(Cl)ccc1NC(=O)c1coc2ccccc2c1=O. The Hall–Kier alpha value is -3.41. The van der Waals surface area contributed by atoms with Gasteiger partial charge in [0.15, 0.2) is 5.78 Å². The van der Waals surface area contributed by atoms with Gasteiger partial charge in [-0.25, -0.2) is 0 Å². The minimum atomic E-state index is -0.704. The predicted molar refractivity (Wildman–Crippen MR) is 117 cm³/mol. The zero-order valence-corrected chi connectivity index (χ0v) is 16.8. The summed E-state index contributed by atoms with van der Waals surface area (Å²) >= 11 is 12.2. The first-order valence-corrected chi connectivity index (χ1v) is 9.62. The summed E-state index contributed by atoms with van der Waals surface area (Å²) in [6.07, 6.45) is 1.10. The van der Waals surface area contributed by atoms with Gasteiger partial charge in [0.25, 0.3) is 5.91 Å². The molecule has 0 bridgehead atoms. The van der Waals surface area contributed by atoms with E-state index in [0.717, 1.165) is 6.26 Å². The first kappa shape index (κ1) is 19.9. The lowest BCUT2D eigenvalue weighted by Gasteiger charge is -2.12. The van der Waals surface area contributed by atoms with Gasteiger partial charge >= 0.3 is 0 Å². The zero-order chi connectivity index (χ0) is 21.3. The monoisotopic (exact) mass is 437 g/mol. The molecule has 1 heterocycles. The number of rotatable bonds is 4. The van der Waals surface area contributed by atoms with E-state index < -0.39 is 17.1 Å². The van der Waals surface area contributed by atoms with Gasteiger partial charge in [-0.05, 0) is 42.5 Å². The van der Waals surface area contributed by atoms with Gasteiger partial charge in [0.05, 0.1) is 16.1 Å². The van der Waals surface area contributed by atoms with Crippen LogP contribution in [-0.4, -0.2) is 11.7 Å². The van der Waals surface area contributed by atoms with Crippen molar-refractivity contribution in [3.63, 3.8) is 0 Å². The molecule has 3 aromatic carbocycles. The van der Waals surface area contributed by atoms with Crippen LogP contribution in [0.15, 0.2) is 82.2 Å². The molecule has 148 valence electrons. The Morgan fingerprint density at radius 1 is 0.833 bits per heavy atom. The summed E-state index contributed by atoms with van der Waals surface area (Å²) in [5, 5.41) is 3.48. The van der Waals surface area contributed by atoms with E-state index in [9.17, 15) is 14.4 Å². The number of para-hydroxylation sites is 1. The highest BCUT2D eigenvalue weighted by Crippen LogP contribution is 2.27. The highest BCUT2D eigenvalue weighted by atomic mass is 35.5. The van der Waals surface area contributed by atoms with E-state index in [1.54, 1.807) is 48.5 Å². The largest absolute Gasteiger partial charge is 0.463 e. The minimum Gasteiger partial charge on any atom is -0.463 e. The second kappa shape index (κ2) is 8.14. The zero-order valence-electron chi connectivity index (χ0n) is 15.3. The maximum absolute atomic E-state index is 13.0. The fraction of sp³-hybridized carbons (Fsp3) is 0. The van der Waals surface area contributed by atoms with E-state index >= 15 is 0 Å². The van der Waals surface area contributed by atoms with Gasteiger partial charge in [0.1, 0.15) is 17.4 Å². The quantitative estimate of drug-likeness (QED) is 0.422. The number of ketones is 1. The van der Waals surface area contributed by atoms with Crippen LogP contribution in [0.2, 0.25) is 10.0 Å². The molecule has 0 spiro atoms. The van der Waals surface area contributed by atoms with Crippen LogP contribution in [0.1, 0.15) is 26.3 Å². The molecule has 0 saturated heterocycles. The molecule has 0 aliphatic carbocycles. The van der Waals surface area contributed by atoms with Crippen molar-refractivity contribution in [1.29, 1.82) is 0 Å². The minimum absolute atomic E-state index is 0.147. The van der Waals surface area contributed by atoms with E-state index in [0.29, 0.717) is 10.6 Å². The highest BCUT2D eigenvalue weighted by molar-refractivity contribution is 6.36. The maximum atomic E-state index is 13.0. The van der Waals surface area contributed by atoms with E-state index in [1.807, 2.05) is 0 Å². The molecule has 1 N–H and O–H groups in total. The molecule has 0 radical (unpaired) electrons. The van der Waals surface area contributed by atoms with Crippen LogP contribution >= 0.6 is 23.2 Å². The molecule has 30 heavy (non-hydrogen) atoms. The molecule has 0 unspecified atom stereocenters. The summed E-state index contributed by atoms with van der Waals surface area (Å²) in [5.41, 5.74) is 0.334. The van der Waals surface area contributed by atoms with Crippen molar-refractivity contribution in [1.82, 2.24) is 0 Å². The van der Waals surface area contributed by atoms with Crippen molar-refractivity contribution in [3.05, 3.63) is 110 Å². The number of halogens is 2. The molecule has 1 amide bonds. The molecule has 1 aromatic heterocycles. The topological polar surface area (TPSA) is 76.4 Å². The normalized spacial score (nSPS) is 10.7. The second-order valence-electron chi connectivity index (χ2n) is 6.43. The third-order valence-corrected chi connectivity index (χ3v) is 5.08. The van der Waals surface area contributed by atoms with Gasteiger partial charge < -0.3 is 9.73 Å². The number of hydrogen-bond donors (Lipinski definition) is 1. The van der Waals surface area contributed by atoms with Crippen LogP contribution in [0.3, 0.4) is 0 Å². The molecule has 4 rings (SSSR count).